The minimum absolute atomic E-state index is 0.0789. The molecule has 40 heavy (non-hydrogen) atoms. The van der Waals surface area contributed by atoms with Gasteiger partial charge in [-0.15, -0.1) is 0 Å². The summed E-state index contributed by atoms with van der Waals surface area (Å²) in [7, 11) is 0. The summed E-state index contributed by atoms with van der Waals surface area (Å²) in [6, 6.07) is 22.5. The van der Waals surface area contributed by atoms with Gasteiger partial charge in [0, 0.05) is 34.9 Å². The van der Waals surface area contributed by atoms with Gasteiger partial charge in [-0.25, -0.2) is 19.6 Å². The molecular formula is C30H23ClN8O. The van der Waals surface area contributed by atoms with Crippen molar-refractivity contribution in [3.05, 3.63) is 113 Å². The third-order valence-corrected chi connectivity index (χ3v) is 7.43. The Morgan fingerprint density at radius 2 is 1.88 bits per heavy atom. The predicted octanol–water partition coefficient (Wildman–Crippen LogP) is 5.32. The lowest BCUT2D eigenvalue weighted by Crippen LogP contribution is -2.27. The minimum Gasteiger partial charge on any atom is -0.383 e. The fourth-order valence-corrected chi connectivity index (χ4v) is 5.37. The molecule has 0 saturated carbocycles. The van der Waals surface area contributed by atoms with Crippen LogP contribution in [0.25, 0.3) is 34.1 Å². The lowest BCUT2D eigenvalue weighted by molar-refractivity contribution is 0.0936. The van der Waals surface area contributed by atoms with Crippen molar-refractivity contribution in [2.75, 3.05) is 5.73 Å². The molecule has 4 heterocycles. The molecule has 1 amide bonds. The number of aryl methyl sites for hydroxylation is 1. The van der Waals surface area contributed by atoms with E-state index < -0.39 is 0 Å². The lowest BCUT2D eigenvalue weighted by Gasteiger charge is -2.16. The number of nitrogens with two attached hydrogens (primary N) is 1. The van der Waals surface area contributed by atoms with E-state index in [1.54, 1.807) is 41.3 Å². The highest BCUT2D eigenvalue weighted by Gasteiger charge is 2.26. The summed E-state index contributed by atoms with van der Waals surface area (Å²) < 4.78 is 3.72. The van der Waals surface area contributed by atoms with Gasteiger partial charge in [0.25, 0.3) is 5.91 Å². The first-order valence-corrected chi connectivity index (χ1v) is 13.2. The maximum absolute atomic E-state index is 12.9. The van der Waals surface area contributed by atoms with E-state index in [0.717, 1.165) is 40.7 Å². The molecule has 9 nitrogen and oxygen atoms in total. The Morgan fingerprint density at radius 1 is 1.00 bits per heavy atom. The van der Waals surface area contributed by atoms with Gasteiger partial charge in [-0.05, 0) is 90.7 Å². The number of aromatic nitrogens is 6. The van der Waals surface area contributed by atoms with E-state index in [1.165, 1.54) is 0 Å². The Labute approximate surface area is 234 Å². The van der Waals surface area contributed by atoms with Crippen LogP contribution in [0.15, 0.2) is 91.4 Å². The molecule has 0 radical (unpaired) electrons. The fraction of sp³-hybridized carbons (Fsp3) is 0.100. The minimum atomic E-state index is -0.121. The molecule has 6 aromatic rings. The number of pyridine rings is 2. The summed E-state index contributed by atoms with van der Waals surface area (Å²) in [5.41, 5.74) is 12.2. The molecule has 0 spiro atoms. The number of benzene rings is 2. The van der Waals surface area contributed by atoms with Crippen LogP contribution >= 0.6 is 11.6 Å². The van der Waals surface area contributed by atoms with E-state index in [0.29, 0.717) is 33.7 Å². The number of halogens is 1. The normalized spacial score (nSPS) is 14.4. The molecule has 4 aromatic heterocycles. The van der Waals surface area contributed by atoms with Crippen LogP contribution in [-0.2, 0) is 6.42 Å². The topological polar surface area (TPSA) is 117 Å². The van der Waals surface area contributed by atoms with Crippen molar-refractivity contribution < 1.29 is 4.79 Å². The number of hydrogen-bond donors (Lipinski definition) is 2. The molecular weight excluding hydrogens is 524 g/mol. The molecule has 10 heteroatoms. The monoisotopic (exact) mass is 546 g/mol. The van der Waals surface area contributed by atoms with E-state index in [-0.39, 0.29) is 11.9 Å². The van der Waals surface area contributed by atoms with Crippen LogP contribution in [-0.4, -0.2) is 35.2 Å². The average molecular weight is 547 g/mol. The molecule has 1 aliphatic rings. The van der Waals surface area contributed by atoms with E-state index in [4.69, 9.17) is 27.3 Å². The van der Waals surface area contributed by atoms with Crippen LogP contribution in [0.4, 0.5) is 5.82 Å². The Morgan fingerprint density at radius 3 is 2.67 bits per heavy atom. The Balaban J connectivity index is 1.31. The fourth-order valence-electron chi connectivity index (χ4n) is 5.25. The molecule has 0 unspecified atom stereocenters. The second kappa shape index (κ2) is 9.62. The highest BCUT2D eigenvalue weighted by molar-refractivity contribution is 6.30. The SMILES string of the molecule is Nc1ncccc1-c1nc2ccc(-n3cccn3)nc2n1-c1ccc2c(c1)CC[C@@H]2NC(=O)c1ccc(Cl)cc1. The molecule has 0 bridgehead atoms. The van der Waals surface area contributed by atoms with Gasteiger partial charge in [0.1, 0.15) is 11.3 Å². The summed E-state index contributed by atoms with van der Waals surface area (Å²) in [4.78, 5) is 27.0. The Hall–Kier alpha value is -5.02. The van der Waals surface area contributed by atoms with Crippen molar-refractivity contribution in [3.63, 3.8) is 0 Å². The molecule has 1 atom stereocenters. The third-order valence-electron chi connectivity index (χ3n) is 7.18. The number of nitrogen functional groups attached to an aromatic ring is 1. The smallest absolute Gasteiger partial charge is 0.251 e. The van der Waals surface area contributed by atoms with E-state index in [1.807, 2.05) is 47.2 Å². The molecule has 0 fully saturated rings. The number of fused-ring (bicyclic) bond motifs is 2. The highest BCUT2D eigenvalue weighted by Crippen LogP contribution is 2.36. The number of nitrogens with one attached hydrogen (secondary N) is 1. The zero-order valence-corrected chi connectivity index (χ0v) is 22.0. The van der Waals surface area contributed by atoms with Crippen LogP contribution in [0.1, 0.15) is 33.9 Å². The van der Waals surface area contributed by atoms with E-state index >= 15 is 0 Å². The summed E-state index contributed by atoms with van der Waals surface area (Å²) in [6.45, 7) is 0. The van der Waals surface area contributed by atoms with Crippen molar-refractivity contribution in [3.8, 4) is 22.9 Å². The van der Waals surface area contributed by atoms with Crippen LogP contribution in [0.2, 0.25) is 5.02 Å². The zero-order chi connectivity index (χ0) is 27.2. The molecule has 3 N–H and O–H groups in total. The summed E-state index contributed by atoms with van der Waals surface area (Å²) in [6.07, 6.45) is 6.87. The molecule has 0 aliphatic heterocycles. The summed E-state index contributed by atoms with van der Waals surface area (Å²) >= 11 is 5.98. The van der Waals surface area contributed by atoms with Gasteiger partial charge in [0.05, 0.1) is 11.6 Å². The van der Waals surface area contributed by atoms with Crippen molar-refractivity contribution in [2.24, 2.45) is 0 Å². The molecule has 0 saturated heterocycles. The number of hydrogen-bond acceptors (Lipinski definition) is 6. The predicted molar refractivity (Wildman–Crippen MR) is 154 cm³/mol. The van der Waals surface area contributed by atoms with Gasteiger partial charge >= 0.3 is 0 Å². The molecule has 196 valence electrons. The number of carbonyl (C=O) groups is 1. The van der Waals surface area contributed by atoms with E-state index in [2.05, 4.69) is 27.5 Å². The van der Waals surface area contributed by atoms with Crippen molar-refractivity contribution in [1.29, 1.82) is 0 Å². The van der Waals surface area contributed by atoms with Crippen molar-refractivity contribution >= 4 is 34.5 Å². The first kappa shape index (κ1) is 24.1. The second-order valence-electron chi connectivity index (χ2n) is 9.62. The van der Waals surface area contributed by atoms with Crippen LogP contribution in [0, 0.1) is 0 Å². The van der Waals surface area contributed by atoms with Gasteiger partial charge in [0.2, 0.25) is 0 Å². The van der Waals surface area contributed by atoms with Gasteiger partial charge in [-0.2, -0.15) is 5.10 Å². The summed E-state index contributed by atoms with van der Waals surface area (Å²) in [5, 5.41) is 8.11. The quantitative estimate of drug-likeness (QED) is 0.302. The number of anilines is 1. The molecule has 7 rings (SSSR count). The van der Waals surface area contributed by atoms with Gasteiger partial charge in [-0.3, -0.25) is 9.36 Å². The third kappa shape index (κ3) is 4.17. The maximum atomic E-state index is 12.9. The first-order chi connectivity index (χ1) is 19.5. The lowest BCUT2D eigenvalue weighted by atomic mass is 10.1. The van der Waals surface area contributed by atoms with Gasteiger partial charge in [0.15, 0.2) is 17.3 Å². The van der Waals surface area contributed by atoms with Crippen molar-refractivity contribution in [1.82, 2.24) is 34.6 Å². The zero-order valence-electron chi connectivity index (χ0n) is 21.2. The number of amides is 1. The van der Waals surface area contributed by atoms with Crippen LogP contribution < -0.4 is 11.1 Å². The Kier molecular flexibility index (Phi) is 5.78. The highest BCUT2D eigenvalue weighted by atomic mass is 35.5. The number of imidazole rings is 1. The number of rotatable bonds is 5. The van der Waals surface area contributed by atoms with Crippen molar-refractivity contribution in [2.45, 2.75) is 18.9 Å². The van der Waals surface area contributed by atoms with E-state index in [9.17, 15) is 4.79 Å². The largest absolute Gasteiger partial charge is 0.383 e. The van der Waals surface area contributed by atoms with Crippen LogP contribution in [0.5, 0.6) is 0 Å². The van der Waals surface area contributed by atoms with Crippen LogP contribution in [0.3, 0.4) is 0 Å². The molecule has 1 aliphatic carbocycles. The first-order valence-electron chi connectivity index (χ1n) is 12.9. The standard InChI is InChI=1S/C30H23ClN8O/c31-20-7-4-18(5-8-20)30(40)36-24-11-6-19-17-21(9-10-22(19)24)39-28(23-3-1-14-33-27(23)32)35-25-12-13-26(37-29(25)39)38-16-2-15-34-38/h1-5,7-10,12-17,24H,6,11H2,(H2,32,33)(H,36,40)/t24-/m0/s1. The molecule has 2 aromatic carbocycles. The Bertz CT molecular complexity index is 1880. The average Bonchev–Trinajstić information content (AvgIpc) is 3.72. The number of nitrogens with zero attached hydrogens (tertiary/aromatic N) is 6. The summed E-state index contributed by atoms with van der Waals surface area (Å²) in [5.74, 6) is 1.59. The maximum Gasteiger partial charge on any atom is 0.251 e. The second-order valence-corrected chi connectivity index (χ2v) is 10.1. The number of carbonyl (C=O) groups excluding carboxylic acids is 1. The van der Waals surface area contributed by atoms with Gasteiger partial charge in [-0.1, -0.05) is 17.7 Å². The van der Waals surface area contributed by atoms with Gasteiger partial charge < -0.3 is 11.1 Å².